The number of alkyl halides is 2. The van der Waals surface area contributed by atoms with Gasteiger partial charge in [0, 0.05) is 23.9 Å². The Morgan fingerprint density at radius 1 is 1.44 bits per heavy atom. The maximum atomic E-state index is 12.4. The average Bonchev–Trinajstić information content (AvgIpc) is 2.87. The number of aromatic nitrogens is 2. The van der Waals surface area contributed by atoms with Gasteiger partial charge in [0.05, 0.1) is 13.3 Å². The number of methoxy groups -OCH3 is 1. The Bertz CT molecular complexity index is 540. The van der Waals surface area contributed by atoms with Gasteiger partial charge in [-0.1, -0.05) is 12.1 Å². The van der Waals surface area contributed by atoms with Gasteiger partial charge in [-0.3, -0.25) is 0 Å². The van der Waals surface area contributed by atoms with Crippen LogP contribution in [0, 0.1) is 0 Å². The smallest absolute Gasteiger partial charge is 0.333 e. The van der Waals surface area contributed by atoms with E-state index >= 15 is 0 Å². The largest absolute Gasteiger partial charge is 0.496 e. The summed E-state index contributed by atoms with van der Waals surface area (Å²) in [5.41, 5.74) is 7.74. The van der Waals surface area contributed by atoms with E-state index in [0.29, 0.717) is 28.1 Å². The van der Waals surface area contributed by atoms with Crippen LogP contribution in [0.1, 0.15) is 12.1 Å². The molecule has 2 aromatic rings. The van der Waals surface area contributed by atoms with Crippen molar-refractivity contribution in [3.8, 4) is 16.9 Å². The monoisotopic (exact) mass is 253 g/mol. The number of nitrogens with two attached hydrogens (primary N) is 1. The van der Waals surface area contributed by atoms with Crippen molar-refractivity contribution in [3.05, 3.63) is 36.2 Å². The molecule has 2 N–H and O–H groups in total. The van der Waals surface area contributed by atoms with Gasteiger partial charge in [-0.05, 0) is 11.6 Å². The van der Waals surface area contributed by atoms with Crippen LogP contribution < -0.4 is 10.5 Å². The van der Waals surface area contributed by atoms with Crippen molar-refractivity contribution < 1.29 is 13.5 Å². The first-order valence-electron chi connectivity index (χ1n) is 5.35. The van der Waals surface area contributed by atoms with Gasteiger partial charge in [-0.25, -0.2) is 4.68 Å². The van der Waals surface area contributed by atoms with Gasteiger partial charge in [0.1, 0.15) is 5.75 Å². The first-order chi connectivity index (χ1) is 8.65. The predicted octanol–water partition coefficient (Wildman–Crippen LogP) is 2.41. The minimum atomic E-state index is -2.65. The molecule has 18 heavy (non-hydrogen) atoms. The fraction of sp³-hybridized carbons (Fsp3) is 0.250. The van der Waals surface area contributed by atoms with E-state index in [1.165, 1.54) is 19.5 Å². The summed E-state index contributed by atoms with van der Waals surface area (Å²) in [5, 5.41) is 3.60. The van der Waals surface area contributed by atoms with Crippen molar-refractivity contribution >= 4 is 0 Å². The molecule has 0 saturated carbocycles. The minimum Gasteiger partial charge on any atom is -0.496 e. The second-order valence-electron chi connectivity index (χ2n) is 3.73. The Labute approximate surface area is 103 Å². The van der Waals surface area contributed by atoms with Crippen LogP contribution in [-0.2, 0) is 6.54 Å². The third-order valence-corrected chi connectivity index (χ3v) is 2.61. The van der Waals surface area contributed by atoms with Gasteiger partial charge in [0.2, 0.25) is 0 Å². The van der Waals surface area contributed by atoms with E-state index in [-0.39, 0.29) is 0 Å². The fourth-order valence-electron chi connectivity index (χ4n) is 1.68. The van der Waals surface area contributed by atoms with Gasteiger partial charge in [-0.2, -0.15) is 13.9 Å². The molecule has 1 aromatic carbocycles. The number of halogens is 2. The maximum Gasteiger partial charge on any atom is 0.333 e. The molecular formula is C12H13F2N3O. The molecule has 0 aliphatic rings. The zero-order valence-electron chi connectivity index (χ0n) is 9.81. The highest BCUT2D eigenvalue weighted by atomic mass is 19.3. The Hall–Kier alpha value is -1.95. The Morgan fingerprint density at radius 3 is 2.78 bits per heavy atom. The molecule has 0 aliphatic heterocycles. The normalized spacial score (nSPS) is 10.9. The maximum absolute atomic E-state index is 12.4. The van der Waals surface area contributed by atoms with Gasteiger partial charge in [-0.15, -0.1) is 0 Å². The van der Waals surface area contributed by atoms with Crippen molar-refractivity contribution in [2.75, 3.05) is 7.11 Å². The third kappa shape index (κ3) is 2.33. The molecule has 0 fully saturated rings. The molecule has 6 heteroatoms. The SMILES string of the molecule is COc1cc(CN)ccc1-c1cnn(C(F)F)c1. The van der Waals surface area contributed by atoms with Crippen molar-refractivity contribution in [2.24, 2.45) is 5.73 Å². The zero-order valence-corrected chi connectivity index (χ0v) is 9.81. The molecular weight excluding hydrogens is 240 g/mol. The molecule has 0 amide bonds. The topological polar surface area (TPSA) is 53.1 Å². The van der Waals surface area contributed by atoms with E-state index in [1.807, 2.05) is 6.07 Å². The quantitative estimate of drug-likeness (QED) is 0.910. The standard InChI is InChI=1S/C12H13F2N3O/c1-18-11-4-8(5-15)2-3-10(11)9-6-16-17(7-9)12(13)14/h2-4,6-7,12H,5,15H2,1H3. The molecule has 0 bridgehead atoms. The highest BCUT2D eigenvalue weighted by Gasteiger charge is 2.12. The Balaban J connectivity index is 2.42. The third-order valence-electron chi connectivity index (χ3n) is 2.61. The number of benzene rings is 1. The summed E-state index contributed by atoms with van der Waals surface area (Å²) in [5.74, 6) is 0.590. The van der Waals surface area contributed by atoms with E-state index in [9.17, 15) is 8.78 Å². The van der Waals surface area contributed by atoms with Gasteiger partial charge in [0.15, 0.2) is 0 Å². The van der Waals surface area contributed by atoms with Crippen LogP contribution in [0.5, 0.6) is 5.75 Å². The minimum absolute atomic E-state index is 0.396. The van der Waals surface area contributed by atoms with Crippen LogP contribution in [0.25, 0.3) is 11.1 Å². The molecule has 0 saturated heterocycles. The van der Waals surface area contributed by atoms with Crippen molar-refractivity contribution in [3.63, 3.8) is 0 Å². The Kier molecular flexibility index (Phi) is 3.57. The van der Waals surface area contributed by atoms with Gasteiger partial charge < -0.3 is 10.5 Å². The first-order valence-corrected chi connectivity index (χ1v) is 5.35. The Morgan fingerprint density at radius 2 is 2.22 bits per heavy atom. The molecule has 2 rings (SSSR count). The lowest BCUT2D eigenvalue weighted by atomic mass is 10.1. The predicted molar refractivity (Wildman–Crippen MR) is 63.4 cm³/mol. The average molecular weight is 253 g/mol. The molecule has 0 unspecified atom stereocenters. The van der Waals surface area contributed by atoms with Crippen LogP contribution in [0.4, 0.5) is 8.78 Å². The van der Waals surface area contributed by atoms with Crippen LogP contribution in [-0.4, -0.2) is 16.9 Å². The highest BCUT2D eigenvalue weighted by Crippen LogP contribution is 2.31. The molecule has 0 aliphatic carbocycles. The van der Waals surface area contributed by atoms with E-state index in [2.05, 4.69) is 5.10 Å². The van der Waals surface area contributed by atoms with Gasteiger partial charge in [0.25, 0.3) is 0 Å². The fourth-order valence-corrected chi connectivity index (χ4v) is 1.68. The van der Waals surface area contributed by atoms with E-state index in [4.69, 9.17) is 10.5 Å². The summed E-state index contributed by atoms with van der Waals surface area (Å²) in [6.45, 7) is -2.25. The molecule has 1 aromatic heterocycles. The van der Waals surface area contributed by atoms with E-state index in [1.54, 1.807) is 12.1 Å². The van der Waals surface area contributed by atoms with E-state index < -0.39 is 6.55 Å². The first kappa shape index (κ1) is 12.5. The summed E-state index contributed by atoms with van der Waals surface area (Å²) in [6, 6.07) is 5.40. The lowest BCUT2D eigenvalue weighted by molar-refractivity contribution is 0.0566. The van der Waals surface area contributed by atoms with Crippen LogP contribution in [0.2, 0.25) is 0 Å². The second-order valence-corrected chi connectivity index (χ2v) is 3.73. The van der Waals surface area contributed by atoms with E-state index in [0.717, 1.165) is 5.56 Å². The lowest BCUT2D eigenvalue weighted by Crippen LogP contribution is -1.98. The van der Waals surface area contributed by atoms with Gasteiger partial charge >= 0.3 is 6.55 Å². The summed E-state index contributed by atoms with van der Waals surface area (Å²) < 4.78 is 30.7. The number of rotatable bonds is 4. The summed E-state index contributed by atoms with van der Waals surface area (Å²) in [4.78, 5) is 0. The number of nitrogens with zero attached hydrogens (tertiary/aromatic N) is 2. The summed E-state index contributed by atoms with van der Waals surface area (Å²) in [7, 11) is 1.52. The molecule has 96 valence electrons. The second kappa shape index (κ2) is 5.14. The van der Waals surface area contributed by atoms with Crippen LogP contribution in [0.3, 0.4) is 0 Å². The van der Waals surface area contributed by atoms with Crippen molar-refractivity contribution in [1.82, 2.24) is 9.78 Å². The van der Waals surface area contributed by atoms with Crippen LogP contribution >= 0.6 is 0 Å². The molecule has 4 nitrogen and oxygen atoms in total. The molecule has 1 heterocycles. The molecule has 0 atom stereocenters. The lowest BCUT2D eigenvalue weighted by Gasteiger charge is -2.08. The number of hydrogen-bond donors (Lipinski definition) is 1. The molecule has 0 radical (unpaired) electrons. The number of ether oxygens (including phenoxy) is 1. The summed E-state index contributed by atoms with van der Waals surface area (Å²) in [6.07, 6.45) is 2.66. The zero-order chi connectivity index (χ0) is 13.1. The van der Waals surface area contributed by atoms with Crippen LogP contribution in [0.15, 0.2) is 30.6 Å². The molecule has 0 spiro atoms. The van der Waals surface area contributed by atoms with Crippen molar-refractivity contribution in [1.29, 1.82) is 0 Å². The summed E-state index contributed by atoms with van der Waals surface area (Å²) >= 11 is 0. The number of hydrogen-bond acceptors (Lipinski definition) is 3. The highest BCUT2D eigenvalue weighted by molar-refractivity contribution is 5.69. The van der Waals surface area contributed by atoms with Crippen molar-refractivity contribution in [2.45, 2.75) is 13.1 Å².